The van der Waals surface area contributed by atoms with Crippen LogP contribution in [0.15, 0.2) is 192 Å². The molecule has 7 heteroatoms. The maximum atomic E-state index is 6.74. The molecule has 1 aliphatic carbocycles. The molecule has 0 fully saturated rings. The van der Waals surface area contributed by atoms with Crippen molar-refractivity contribution in [3.63, 3.8) is 0 Å². The first-order valence-corrected chi connectivity index (χ1v) is 19.9. The van der Waals surface area contributed by atoms with Gasteiger partial charge in [-0.3, -0.25) is 0 Å². The van der Waals surface area contributed by atoms with Crippen molar-refractivity contribution in [2.24, 2.45) is 10.1 Å². The van der Waals surface area contributed by atoms with Crippen LogP contribution in [0.5, 0.6) is 0 Å². The van der Waals surface area contributed by atoms with Gasteiger partial charge in [0.15, 0.2) is 17.5 Å². The third-order valence-electron chi connectivity index (χ3n) is 10.9. The second-order valence-electron chi connectivity index (χ2n) is 14.5. The number of hydrogen-bond acceptors (Lipinski definition) is 7. The Labute approximate surface area is 348 Å². The molecule has 0 radical (unpaired) electrons. The van der Waals surface area contributed by atoms with E-state index < -0.39 is 6.04 Å². The van der Waals surface area contributed by atoms with E-state index in [0.717, 1.165) is 89.1 Å². The Morgan fingerprint density at radius 3 is 1.42 bits per heavy atom. The predicted octanol–water partition coefficient (Wildman–Crippen LogP) is 12.4. The Bertz CT molecular complexity index is 2930. The van der Waals surface area contributed by atoms with Crippen LogP contribution in [0.2, 0.25) is 0 Å². The number of para-hydroxylation sites is 1. The van der Waals surface area contributed by atoms with Crippen molar-refractivity contribution in [3.8, 4) is 78.8 Å². The lowest BCUT2D eigenvalue weighted by Gasteiger charge is -2.23. The fourth-order valence-corrected chi connectivity index (χ4v) is 7.99. The first kappa shape index (κ1) is 36.0. The van der Waals surface area contributed by atoms with Gasteiger partial charge in [-0.1, -0.05) is 176 Å². The lowest BCUT2D eigenvalue weighted by atomic mass is 9.86. The fraction of sp³-hybridized carbons (Fsp3) is 0.0192. The summed E-state index contributed by atoms with van der Waals surface area (Å²) in [4.78, 5) is 20.3. The number of hydrogen-bond donors (Lipinski definition) is 2. The number of pyridine rings is 1. The number of fused-ring (bicyclic) bond motifs is 3. The Balaban J connectivity index is 1.02. The molecule has 0 bridgehead atoms. The Kier molecular flexibility index (Phi) is 9.50. The summed E-state index contributed by atoms with van der Waals surface area (Å²) >= 11 is 4.18. The van der Waals surface area contributed by atoms with Gasteiger partial charge in [-0.15, -0.1) is 0 Å². The molecular weight excluding hydrogens is 741 g/mol. The second kappa shape index (κ2) is 15.6. The van der Waals surface area contributed by atoms with Gasteiger partial charge in [0.25, 0.3) is 0 Å². The standard InChI is InChI=1S/C52H36N6S/c53-48-46(58-59)31-30-44-47(48)43-16-7-8-17-45(43)54-49(44)38-24-18-37(19-25-38)41-14-9-15-42(32-41)52-56-50(39-26-20-35(21-27-39)33-10-3-1-4-11-33)55-51(57-52)40-28-22-36(23-29-40)34-12-5-2-6-13-34/h1-32,48,59H,53H2. The summed E-state index contributed by atoms with van der Waals surface area (Å²) in [5.41, 5.74) is 21.6. The zero-order chi connectivity index (χ0) is 39.7. The Morgan fingerprint density at radius 2 is 0.847 bits per heavy atom. The van der Waals surface area contributed by atoms with Crippen LogP contribution in [0.3, 0.4) is 0 Å². The number of nitrogens with two attached hydrogens (primary N) is 1. The number of thiol groups is 1. The zero-order valence-electron chi connectivity index (χ0n) is 31.8. The Morgan fingerprint density at radius 1 is 0.407 bits per heavy atom. The number of nitrogens with zero attached hydrogens (tertiary/aromatic N) is 5. The van der Waals surface area contributed by atoms with Gasteiger partial charge >= 0.3 is 0 Å². The van der Waals surface area contributed by atoms with E-state index in [1.54, 1.807) is 0 Å². The lowest BCUT2D eigenvalue weighted by molar-refractivity contribution is 0.968. The summed E-state index contributed by atoms with van der Waals surface area (Å²) in [6.45, 7) is 0. The summed E-state index contributed by atoms with van der Waals surface area (Å²) in [6, 6.07) is 62.1. The molecule has 59 heavy (non-hydrogen) atoms. The molecule has 2 aromatic heterocycles. The van der Waals surface area contributed by atoms with Gasteiger partial charge in [0, 0.05) is 33.2 Å². The van der Waals surface area contributed by atoms with Gasteiger partial charge in [0.1, 0.15) is 0 Å². The van der Waals surface area contributed by atoms with Crippen molar-refractivity contribution in [2.75, 3.05) is 0 Å². The largest absolute Gasteiger partial charge is 0.319 e. The Hall–Kier alpha value is -7.32. The van der Waals surface area contributed by atoms with Crippen LogP contribution >= 0.6 is 12.8 Å². The van der Waals surface area contributed by atoms with Crippen molar-refractivity contribution in [1.82, 2.24) is 19.9 Å². The first-order chi connectivity index (χ1) is 29.1. The van der Waals surface area contributed by atoms with Gasteiger partial charge < -0.3 is 5.73 Å². The molecule has 1 aliphatic rings. The molecule has 2 N–H and O–H groups in total. The van der Waals surface area contributed by atoms with E-state index in [1.165, 1.54) is 0 Å². The SMILES string of the molecule is NC1C(=NS)C=Cc2c(-c3ccc(-c4cccc(-c5nc(-c6ccc(-c7ccccc7)cc6)nc(-c6ccc(-c7ccccc7)cc6)n5)c4)cc3)nc3ccccc3c21. The minimum absolute atomic E-state index is 0.403. The third-order valence-corrected chi connectivity index (χ3v) is 11.1. The zero-order valence-corrected chi connectivity index (χ0v) is 32.7. The molecule has 10 rings (SSSR count). The van der Waals surface area contributed by atoms with Crippen LogP contribution in [-0.2, 0) is 0 Å². The molecule has 0 spiro atoms. The number of rotatable bonds is 7. The molecule has 280 valence electrons. The highest BCUT2D eigenvalue weighted by Crippen LogP contribution is 2.38. The van der Waals surface area contributed by atoms with Crippen molar-refractivity contribution < 1.29 is 0 Å². The van der Waals surface area contributed by atoms with Crippen LogP contribution in [0.1, 0.15) is 17.2 Å². The smallest absolute Gasteiger partial charge is 0.164 e. The monoisotopic (exact) mass is 776 g/mol. The first-order valence-electron chi connectivity index (χ1n) is 19.5. The summed E-state index contributed by atoms with van der Waals surface area (Å²) in [5.74, 6) is 1.82. The molecule has 1 atom stereocenters. The molecule has 0 saturated carbocycles. The average molecular weight is 777 g/mol. The molecule has 0 amide bonds. The highest BCUT2D eigenvalue weighted by Gasteiger charge is 2.25. The van der Waals surface area contributed by atoms with E-state index in [2.05, 4.69) is 169 Å². The maximum Gasteiger partial charge on any atom is 0.164 e. The predicted molar refractivity (Wildman–Crippen MR) is 246 cm³/mol. The molecule has 6 nitrogen and oxygen atoms in total. The molecule has 2 heterocycles. The lowest BCUT2D eigenvalue weighted by Crippen LogP contribution is -2.24. The van der Waals surface area contributed by atoms with Crippen molar-refractivity contribution in [2.45, 2.75) is 6.04 Å². The molecule has 9 aromatic rings. The van der Waals surface area contributed by atoms with E-state index >= 15 is 0 Å². The summed E-state index contributed by atoms with van der Waals surface area (Å²) in [6.07, 6.45) is 3.98. The maximum absolute atomic E-state index is 6.74. The summed E-state index contributed by atoms with van der Waals surface area (Å²) in [7, 11) is 0. The van der Waals surface area contributed by atoms with Crippen LogP contribution in [-0.4, -0.2) is 25.6 Å². The van der Waals surface area contributed by atoms with E-state index in [-0.39, 0.29) is 0 Å². The third kappa shape index (κ3) is 7.03. The van der Waals surface area contributed by atoms with Gasteiger partial charge in [-0.2, -0.15) is 0 Å². The molecule has 7 aromatic carbocycles. The van der Waals surface area contributed by atoms with E-state index in [9.17, 15) is 0 Å². The second-order valence-corrected chi connectivity index (χ2v) is 14.7. The fourth-order valence-electron chi connectivity index (χ4n) is 7.80. The van der Waals surface area contributed by atoms with Gasteiger partial charge in [0.05, 0.1) is 23.0 Å². The normalized spacial score (nSPS) is 14.1. The van der Waals surface area contributed by atoms with Gasteiger partial charge in [-0.05, 0) is 70.0 Å². The minimum Gasteiger partial charge on any atom is -0.319 e. The number of aromatic nitrogens is 4. The minimum atomic E-state index is -0.403. The quantitative estimate of drug-likeness (QED) is 0.157. The van der Waals surface area contributed by atoms with E-state index in [0.29, 0.717) is 17.5 Å². The van der Waals surface area contributed by atoms with Crippen molar-refractivity contribution in [3.05, 3.63) is 199 Å². The highest BCUT2D eigenvalue weighted by atomic mass is 32.1. The van der Waals surface area contributed by atoms with Crippen LogP contribution in [0.4, 0.5) is 0 Å². The highest BCUT2D eigenvalue weighted by molar-refractivity contribution is 7.79. The summed E-state index contributed by atoms with van der Waals surface area (Å²) < 4.78 is 4.14. The van der Waals surface area contributed by atoms with Crippen LogP contribution < -0.4 is 5.73 Å². The average Bonchev–Trinajstić information content (AvgIpc) is 3.32. The van der Waals surface area contributed by atoms with Crippen molar-refractivity contribution in [1.29, 1.82) is 0 Å². The van der Waals surface area contributed by atoms with Crippen LogP contribution in [0, 0.1) is 0 Å². The van der Waals surface area contributed by atoms with E-state index in [1.807, 2.05) is 42.5 Å². The van der Waals surface area contributed by atoms with E-state index in [4.69, 9.17) is 25.7 Å². The molecule has 1 unspecified atom stereocenters. The van der Waals surface area contributed by atoms with Gasteiger partial charge in [-0.25, -0.2) is 24.3 Å². The number of benzene rings is 7. The molecule has 0 saturated heterocycles. The van der Waals surface area contributed by atoms with Crippen LogP contribution in [0.25, 0.3) is 95.8 Å². The molecule has 0 aliphatic heterocycles. The topological polar surface area (TPSA) is 89.9 Å². The van der Waals surface area contributed by atoms with Gasteiger partial charge in [0.2, 0.25) is 0 Å². The summed E-state index contributed by atoms with van der Waals surface area (Å²) in [5, 5.41) is 1.02. The van der Waals surface area contributed by atoms with Crippen molar-refractivity contribution >= 4 is 35.5 Å². The molecular formula is C52H36N6S.